The van der Waals surface area contributed by atoms with Gasteiger partial charge in [0.1, 0.15) is 5.75 Å². The van der Waals surface area contributed by atoms with E-state index in [1.165, 1.54) is 4.90 Å². The molecular formula is C12H8Br2OS. The number of hydrogen-bond acceptors (Lipinski definition) is 2. The molecule has 4 heteroatoms. The van der Waals surface area contributed by atoms with Crippen LogP contribution in [0.1, 0.15) is 0 Å². The lowest BCUT2D eigenvalue weighted by molar-refractivity contribution is 0.471. The van der Waals surface area contributed by atoms with E-state index in [9.17, 15) is 5.11 Å². The van der Waals surface area contributed by atoms with Crippen molar-refractivity contribution in [2.24, 2.45) is 0 Å². The van der Waals surface area contributed by atoms with E-state index in [4.69, 9.17) is 0 Å². The van der Waals surface area contributed by atoms with Gasteiger partial charge in [-0.25, -0.2) is 0 Å². The molecular weight excluding hydrogens is 352 g/mol. The molecule has 0 unspecified atom stereocenters. The van der Waals surface area contributed by atoms with Crippen LogP contribution in [0.2, 0.25) is 0 Å². The second-order valence-corrected chi connectivity index (χ2v) is 6.09. The Morgan fingerprint density at radius 2 is 1.50 bits per heavy atom. The normalized spacial score (nSPS) is 10.4. The molecule has 0 saturated carbocycles. The molecule has 0 aliphatic carbocycles. The second kappa shape index (κ2) is 5.25. The van der Waals surface area contributed by atoms with Crippen LogP contribution in [0.15, 0.2) is 61.2 Å². The minimum atomic E-state index is 0.264. The zero-order valence-electron chi connectivity index (χ0n) is 8.15. The number of benzene rings is 2. The number of rotatable bonds is 2. The van der Waals surface area contributed by atoms with Gasteiger partial charge in [0.05, 0.1) is 4.47 Å². The Hall–Kier alpha value is -0.450. The van der Waals surface area contributed by atoms with E-state index in [1.54, 1.807) is 17.8 Å². The van der Waals surface area contributed by atoms with Gasteiger partial charge in [0.25, 0.3) is 0 Å². The Morgan fingerprint density at radius 3 is 2.12 bits per heavy atom. The summed E-state index contributed by atoms with van der Waals surface area (Å²) in [4.78, 5) is 2.26. The van der Waals surface area contributed by atoms with Crippen LogP contribution < -0.4 is 0 Å². The Labute approximate surface area is 115 Å². The van der Waals surface area contributed by atoms with Crippen molar-refractivity contribution in [2.45, 2.75) is 9.79 Å². The Kier molecular flexibility index (Phi) is 3.95. The number of phenols is 1. The van der Waals surface area contributed by atoms with E-state index in [-0.39, 0.29) is 5.75 Å². The highest BCUT2D eigenvalue weighted by Gasteiger charge is 2.01. The highest BCUT2D eigenvalue weighted by Crippen LogP contribution is 2.33. The summed E-state index contributed by atoms with van der Waals surface area (Å²) in [5, 5.41) is 9.38. The number of aromatic hydroxyl groups is 1. The molecule has 0 saturated heterocycles. The van der Waals surface area contributed by atoms with E-state index >= 15 is 0 Å². The summed E-state index contributed by atoms with van der Waals surface area (Å²) in [5.41, 5.74) is 0. The summed E-state index contributed by atoms with van der Waals surface area (Å²) in [6, 6.07) is 13.6. The summed E-state index contributed by atoms with van der Waals surface area (Å²) in [5.74, 6) is 0.264. The van der Waals surface area contributed by atoms with E-state index in [1.807, 2.05) is 24.3 Å². The van der Waals surface area contributed by atoms with Gasteiger partial charge in [-0.15, -0.1) is 0 Å². The van der Waals surface area contributed by atoms with Gasteiger partial charge in [-0.1, -0.05) is 27.7 Å². The lowest BCUT2D eigenvalue weighted by Crippen LogP contribution is -1.75. The molecule has 2 rings (SSSR count). The first-order valence-corrected chi connectivity index (χ1v) is 6.97. The number of hydrogen-bond donors (Lipinski definition) is 1. The Morgan fingerprint density at radius 1 is 0.875 bits per heavy atom. The van der Waals surface area contributed by atoms with Crippen LogP contribution in [0.25, 0.3) is 0 Å². The summed E-state index contributed by atoms with van der Waals surface area (Å²) in [7, 11) is 0. The molecule has 1 N–H and O–H groups in total. The fourth-order valence-corrected chi connectivity index (χ4v) is 2.84. The van der Waals surface area contributed by atoms with Crippen LogP contribution in [0, 0.1) is 0 Å². The van der Waals surface area contributed by atoms with Crippen molar-refractivity contribution in [1.29, 1.82) is 0 Å². The van der Waals surface area contributed by atoms with Gasteiger partial charge in [-0.05, 0) is 58.4 Å². The molecule has 0 amide bonds. The summed E-state index contributed by atoms with van der Waals surface area (Å²) in [6.45, 7) is 0. The van der Waals surface area contributed by atoms with Gasteiger partial charge < -0.3 is 5.11 Å². The first kappa shape index (κ1) is 12.0. The predicted molar refractivity (Wildman–Crippen MR) is 74.1 cm³/mol. The molecule has 2 aromatic carbocycles. The van der Waals surface area contributed by atoms with E-state index in [0.717, 1.165) is 13.8 Å². The first-order valence-electron chi connectivity index (χ1n) is 4.57. The Bertz CT molecular complexity index is 497. The molecule has 0 heterocycles. The molecule has 0 radical (unpaired) electrons. The highest BCUT2D eigenvalue weighted by atomic mass is 79.9. The van der Waals surface area contributed by atoms with Crippen molar-refractivity contribution >= 4 is 43.6 Å². The van der Waals surface area contributed by atoms with Gasteiger partial charge in [0.2, 0.25) is 0 Å². The third-order valence-corrected chi connectivity index (χ3v) is 4.13. The summed E-state index contributed by atoms with van der Waals surface area (Å²) < 4.78 is 1.79. The van der Waals surface area contributed by atoms with E-state index in [0.29, 0.717) is 0 Å². The van der Waals surface area contributed by atoms with Crippen molar-refractivity contribution in [1.82, 2.24) is 0 Å². The third kappa shape index (κ3) is 3.03. The maximum absolute atomic E-state index is 9.38. The average Bonchev–Trinajstić information content (AvgIpc) is 2.27. The lowest BCUT2D eigenvalue weighted by Gasteiger charge is -2.03. The smallest absolute Gasteiger partial charge is 0.129 e. The second-order valence-electron chi connectivity index (χ2n) is 3.17. The quantitative estimate of drug-likeness (QED) is 0.807. The highest BCUT2D eigenvalue weighted by molar-refractivity contribution is 9.10. The summed E-state index contributed by atoms with van der Waals surface area (Å²) in [6.07, 6.45) is 0. The van der Waals surface area contributed by atoms with Crippen LogP contribution in [0.5, 0.6) is 5.75 Å². The molecule has 0 atom stereocenters. The fourth-order valence-electron chi connectivity index (χ4n) is 1.19. The molecule has 0 aromatic heterocycles. The first-order chi connectivity index (χ1) is 7.65. The minimum Gasteiger partial charge on any atom is -0.507 e. The topological polar surface area (TPSA) is 20.2 Å². The maximum atomic E-state index is 9.38. The Balaban J connectivity index is 2.20. The van der Waals surface area contributed by atoms with Crippen molar-refractivity contribution in [3.8, 4) is 5.75 Å². The van der Waals surface area contributed by atoms with Gasteiger partial charge in [-0.2, -0.15) is 0 Å². The van der Waals surface area contributed by atoms with Crippen LogP contribution in [0.4, 0.5) is 0 Å². The molecule has 0 aliphatic heterocycles. The van der Waals surface area contributed by atoms with Crippen LogP contribution in [-0.2, 0) is 0 Å². The standard InChI is InChI=1S/C12H8Br2OS/c13-8-1-3-9(4-2-8)16-10-5-6-12(15)11(14)7-10/h1-7,15H. The SMILES string of the molecule is Oc1ccc(Sc2ccc(Br)cc2)cc1Br. The number of phenolic OH excluding ortho intramolecular Hbond substituents is 1. The van der Waals surface area contributed by atoms with Gasteiger partial charge >= 0.3 is 0 Å². The van der Waals surface area contributed by atoms with E-state index in [2.05, 4.69) is 44.0 Å². The zero-order valence-corrected chi connectivity index (χ0v) is 12.1. The molecule has 2 aromatic rings. The maximum Gasteiger partial charge on any atom is 0.129 e. The van der Waals surface area contributed by atoms with Gasteiger partial charge in [0.15, 0.2) is 0 Å². The van der Waals surface area contributed by atoms with Gasteiger partial charge in [0, 0.05) is 14.3 Å². The van der Waals surface area contributed by atoms with Crippen molar-refractivity contribution in [3.63, 3.8) is 0 Å². The minimum absolute atomic E-state index is 0.264. The molecule has 16 heavy (non-hydrogen) atoms. The average molecular weight is 360 g/mol. The van der Waals surface area contributed by atoms with E-state index < -0.39 is 0 Å². The van der Waals surface area contributed by atoms with Crippen LogP contribution >= 0.6 is 43.6 Å². The molecule has 0 spiro atoms. The predicted octanol–water partition coefficient (Wildman–Crippen LogP) is 5.07. The molecule has 1 nitrogen and oxygen atoms in total. The van der Waals surface area contributed by atoms with Crippen LogP contribution in [-0.4, -0.2) is 5.11 Å². The van der Waals surface area contributed by atoms with Crippen molar-refractivity contribution in [2.75, 3.05) is 0 Å². The van der Waals surface area contributed by atoms with Gasteiger partial charge in [-0.3, -0.25) is 0 Å². The fraction of sp³-hybridized carbons (Fsp3) is 0. The lowest BCUT2D eigenvalue weighted by atomic mass is 10.3. The summed E-state index contributed by atoms with van der Waals surface area (Å²) >= 11 is 8.36. The van der Waals surface area contributed by atoms with Crippen LogP contribution in [0.3, 0.4) is 0 Å². The molecule has 0 fully saturated rings. The molecule has 0 aliphatic rings. The molecule has 82 valence electrons. The van der Waals surface area contributed by atoms with Crippen molar-refractivity contribution < 1.29 is 5.11 Å². The molecule has 0 bridgehead atoms. The third-order valence-electron chi connectivity index (χ3n) is 1.97. The zero-order chi connectivity index (χ0) is 11.5. The monoisotopic (exact) mass is 358 g/mol. The largest absolute Gasteiger partial charge is 0.507 e. The van der Waals surface area contributed by atoms with Crippen molar-refractivity contribution in [3.05, 3.63) is 51.4 Å². The number of halogens is 2.